The Morgan fingerprint density at radius 2 is 2.06 bits per heavy atom. The van der Waals surface area contributed by atoms with Crippen molar-refractivity contribution in [3.63, 3.8) is 0 Å². The van der Waals surface area contributed by atoms with E-state index in [1.165, 1.54) is 21.4 Å². The summed E-state index contributed by atoms with van der Waals surface area (Å²) in [4.78, 5) is 15.4. The van der Waals surface area contributed by atoms with Gasteiger partial charge in [0, 0.05) is 43.3 Å². The lowest BCUT2D eigenvalue weighted by molar-refractivity contribution is 0.309. The molecule has 0 amide bonds. The fourth-order valence-electron chi connectivity index (χ4n) is 4.61. The third kappa shape index (κ3) is 3.23. The van der Waals surface area contributed by atoms with E-state index in [0.717, 1.165) is 50.2 Å². The van der Waals surface area contributed by atoms with Gasteiger partial charge in [-0.2, -0.15) is 9.40 Å². The fraction of sp³-hybridized carbons (Fsp3) is 0.381. The smallest absolute Gasteiger partial charge is 0.246 e. The first-order valence-corrected chi connectivity index (χ1v) is 13.0. The Morgan fingerprint density at radius 1 is 1.21 bits per heavy atom. The van der Waals surface area contributed by atoms with Crippen LogP contribution in [-0.4, -0.2) is 60.2 Å². The van der Waals surface area contributed by atoms with Crippen molar-refractivity contribution in [2.24, 2.45) is 7.05 Å². The summed E-state index contributed by atoms with van der Waals surface area (Å²) in [5.74, 6) is 0.560. The van der Waals surface area contributed by atoms with Gasteiger partial charge < -0.3 is 0 Å². The molecule has 1 saturated heterocycles. The highest BCUT2D eigenvalue weighted by Gasteiger charge is 2.33. The molecule has 0 radical (unpaired) electrons. The molecule has 1 aliphatic rings. The topological polar surface area (TPSA) is 111 Å². The first kappa shape index (κ1) is 20.6. The summed E-state index contributed by atoms with van der Waals surface area (Å²) in [7, 11) is -1.90. The van der Waals surface area contributed by atoms with Gasteiger partial charge in [-0.15, -0.1) is 16.4 Å². The Morgan fingerprint density at radius 3 is 2.85 bits per heavy atom. The lowest BCUT2D eigenvalue weighted by Crippen LogP contribution is -2.39. The van der Waals surface area contributed by atoms with E-state index in [9.17, 15) is 8.42 Å². The number of fused-ring (bicyclic) bond motifs is 5. The zero-order valence-corrected chi connectivity index (χ0v) is 20.1. The van der Waals surface area contributed by atoms with Gasteiger partial charge >= 0.3 is 0 Å². The van der Waals surface area contributed by atoms with Gasteiger partial charge in [0.15, 0.2) is 11.5 Å². The Labute approximate surface area is 193 Å². The van der Waals surface area contributed by atoms with Crippen molar-refractivity contribution in [1.82, 2.24) is 38.7 Å². The lowest BCUT2D eigenvalue weighted by Gasteiger charge is -2.30. The van der Waals surface area contributed by atoms with E-state index in [0.29, 0.717) is 18.9 Å². The molecule has 0 aromatic carbocycles. The summed E-state index contributed by atoms with van der Waals surface area (Å²) in [6.07, 6.45) is 6.19. The van der Waals surface area contributed by atoms with E-state index < -0.39 is 10.0 Å². The molecule has 5 aromatic heterocycles. The number of sulfonamides is 1. The highest BCUT2D eigenvalue weighted by molar-refractivity contribution is 7.89. The van der Waals surface area contributed by atoms with E-state index >= 15 is 0 Å². The zero-order valence-electron chi connectivity index (χ0n) is 18.4. The van der Waals surface area contributed by atoms with Crippen LogP contribution >= 0.6 is 11.3 Å². The molecule has 170 valence electrons. The van der Waals surface area contributed by atoms with E-state index in [1.54, 1.807) is 29.2 Å². The lowest BCUT2D eigenvalue weighted by atomic mass is 9.99. The van der Waals surface area contributed by atoms with Crippen LogP contribution in [0.4, 0.5) is 0 Å². The summed E-state index contributed by atoms with van der Waals surface area (Å²) in [6.45, 7) is 4.89. The molecule has 1 unspecified atom stereocenters. The van der Waals surface area contributed by atoms with Crippen molar-refractivity contribution in [3.8, 4) is 0 Å². The molecule has 6 rings (SSSR count). The minimum Gasteiger partial charge on any atom is -0.274 e. The number of rotatable bonds is 3. The average molecular weight is 483 g/mol. The van der Waals surface area contributed by atoms with Gasteiger partial charge in [0.05, 0.1) is 11.7 Å². The predicted octanol–water partition coefficient (Wildman–Crippen LogP) is 2.81. The number of hydrogen-bond donors (Lipinski definition) is 0. The maximum atomic E-state index is 13.1. The summed E-state index contributed by atoms with van der Waals surface area (Å²) >= 11 is 1.57. The van der Waals surface area contributed by atoms with Crippen LogP contribution in [0.1, 0.15) is 35.8 Å². The van der Waals surface area contributed by atoms with Crippen LogP contribution < -0.4 is 0 Å². The highest BCUT2D eigenvalue weighted by Crippen LogP contribution is 2.36. The summed E-state index contributed by atoms with van der Waals surface area (Å²) < 4.78 is 31.9. The number of piperidine rings is 1. The maximum Gasteiger partial charge on any atom is 0.246 e. The molecule has 0 saturated carbocycles. The number of pyridine rings is 1. The second-order valence-corrected chi connectivity index (χ2v) is 11.5. The van der Waals surface area contributed by atoms with Crippen LogP contribution in [0.5, 0.6) is 0 Å². The highest BCUT2D eigenvalue weighted by atomic mass is 32.2. The molecule has 1 fully saturated rings. The largest absolute Gasteiger partial charge is 0.274 e. The Hall–Kier alpha value is -2.96. The van der Waals surface area contributed by atoms with Crippen molar-refractivity contribution in [2.45, 2.75) is 37.5 Å². The molecule has 6 heterocycles. The Kier molecular flexibility index (Phi) is 4.55. The minimum absolute atomic E-state index is 0.0865. The van der Waals surface area contributed by atoms with Gasteiger partial charge in [-0.3, -0.25) is 4.68 Å². The van der Waals surface area contributed by atoms with Crippen LogP contribution in [0.2, 0.25) is 0 Å². The summed E-state index contributed by atoms with van der Waals surface area (Å²) in [5.41, 5.74) is 3.74. The molecule has 1 atom stereocenters. The van der Waals surface area contributed by atoms with Crippen molar-refractivity contribution < 1.29 is 8.42 Å². The van der Waals surface area contributed by atoms with E-state index in [1.807, 2.05) is 6.92 Å². The molecule has 33 heavy (non-hydrogen) atoms. The average Bonchev–Trinajstić information content (AvgIpc) is 3.49. The Bertz CT molecular complexity index is 1650. The van der Waals surface area contributed by atoms with Crippen molar-refractivity contribution in [3.05, 3.63) is 41.9 Å². The fourth-order valence-corrected chi connectivity index (χ4v) is 7.35. The maximum absolute atomic E-state index is 13.1. The normalized spacial score (nSPS) is 18.1. The zero-order chi connectivity index (χ0) is 22.9. The van der Waals surface area contributed by atoms with E-state index in [-0.39, 0.29) is 10.8 Å². The molecular weight excluding hydrogens is 460 g/mol. The number of thiophene rings is 1. The van der Waals surface area contributed by atoms with Gasteiger partial charge in [-0.05, 0) is 38.3 Å². The minimum atomic E-state index is -3.60. The molecule has 0 N–H and O–H groups in total. The third-order valence-corrected chi connectivity index (χ3v) is 9.06. The third-order valence-electron chi connectivity index (χ3n) is 6.18. The van der Waals surface area contributed by atoms with Crippen LogP contribution in [0.15, 0.2) is 29.7 Å². The molecule has 0 bridgehead atoms. The van der Waals surface area contributed by atoms with Gasteiger partial charge in [-0.25, -0.2) is 27.9 Å². The van der Waals surface area contributed by atoms with Crippen molar-refractivity contribution in [2.75, 3.05) is 13.1 Å². The monoisotopic (exact) mass is 482 g/mol. The molecule has 1 aliphatic heterocycles. The quantitative estimate of drug-likeness (QED) is 0.389. The van der Waals surface area contributed by atoms with Crippen LogP contribution in [0.25, 0.3) is 26.1 Å². The number of nitrogens with zero attached hydrogens (tertiary/aromatic N) is 8. The molecular formula is C21H22N8O2S2. The first-order chi connectivity index (χ1) is 15.8. The number of hydrogen-bond acceptors (Lipinski definition) is 8. The van der Waals surface area contributed by atoms with E-state index in [2.05, 4.69) is 33.2 Å². The van der Waals surface area contributed by atoms with Crippen LogP contribution in [0.3, 0.4) is 0 Å². The van der Waals surface area contributed by atoms with Crippen LogP contribution in [0, 0.1) is 13.8 Å². The predicted molar refractivity (Wildman–Crippen MR) is 125 cm³/mol. The molecule has 0 spiro atoms. The summed E-state index contributed by atoms with van der Waals surface area (Å²) in [6, 6.07) is 2.06. The molecule has 10 nitrogen and oxygen atoms in total. The first-order valence-electron chi connectivity index (χ1n) is 10.7. The SMILES string of the molecule is Cc1cc(C)c2c(n1)sc1c2ncn2nc(C3CCCN(S(=O)(=O)c4cnn(C)c4)C3)nc12. The molecule has 12 heteroatoms. The van der Waals surface area contributed by atoms with Crippen LogP contribution in [-0.2, 0) is 17.1 Å². The molecule has 5 aromatic rings. The van der Waals surface area contributed by atoms with Gasteiger partial charge in [0.1, 0.15) is 20.8 Å². The number of aryl methyl sites for hydroxylation is 3. The van der Waals surface area contributed by atoms with Gasteiger partial charge in [-0.1, -0.05) is 0 Å². The van der Waals surface area contributed by atoms with Crippen molar-refractivity contribution in [1.29, 1.82) is 0 Å². The Balaban J connectivity index is 1.40. The standard InChI is InChI=1S/C21H22N8O2S2/c1-12-7-13(2)24-21-16(12)17-18(32-21)20-25-19(26-29(20)11-22-17)14-5-4-6-28(9-14)33(30,31)15-8-23-27(3)10-15/h7-8,10-11,14H,4-6,9H2,1-3H3. The molecule has 0 aliphatic carbocycles. The van der Waals surface area contributed by atoms with Crippen molar-refractivity contribution >= 4 is 47.4 Å². The number of aromatic nitrogens is 7. The second-order valence-electron chi connectivity index (χ2n) is 8.58. The van der Waals surface area contributed by atoms with Gasteiger partial charge in [0.2, 0.25) is 10.0 Å². The van der Waals surface area contributed by atoms with Gasteiger partial charge in [0.25, 0.3) is 0 Å². The second kappa shape index (κ2) is 7.27. The summed E-state index contributed by atoms with van der Waals surface area (Å²) in [5, 5.41) is 9.75. The van der Waals surface area contributed by atoms with E-state index in [4.69, 9.17) is 4.98 Å².